The molecule has 0 unspecified atom stereocenters. The predicted molar refractivity (Wildman–Crippen MR) is 115 cm³/mol. The molecule has 29 heavy (non-hydrogen) atoms. The van der Waals surface area contributed by atoms with Gasteiger partial charge in [0.05, 0.1) is 12.3 Å². The van der Waals surface area contributed by atoms with Crippen LogP contribution in [0.5, 0.6) is 0 Å². The summed E-state index contributed by atoms with van der Waals surface area (Å²) in [6.45, 7) is 3.39. The summed E-state index contributed by atoms with van der Waals surface area (Å²) in [5.41, 5.74) is 1.19. The highest BCUT2D eigenvalue weighted by molar-refractivity contribution is 5.74. The molecule has 5 heteroatoms. The maximum absolute atomic E-state index is 13.3. The molecular weight excluding hydrogens is 362 g/mol. The molecule has 1 N–H and O–H groups in total. The second-order valence-corrected chi connectivity index (χ2v) is 8.37. The fourth-order valence-electron chi connectivity index (χ4n) is 4.77. The van der Waals surface area contributed by atoms with E-state index < -0.39 is 0 Å². The molecule has 0 radical (unpaired) electrons. The van der Waals surface area contributed by atoms with Gasteiger partial charge < -0.3 is 14.6 Å². The van der Waals surface area contributed by atoms with Crippen molar-refractivity contribution in [1.82, 2.24) is 15.1 Å². The lowest BCUT2D eigenvalue weighted by Crippen LogP contribution is -2.48. The van der Waals surface area contributed by atoms with Crippen molar-refractivity contribution < 1.29 is 9.21 Å². The first-order chi connectivity index (χ1) is 14.3. The Hall–Kier alpha value is -2.27. The van der Waals surface area contributed by atoms with Crippen LogP contribution < -0.4 is 5.32 Å². The molecule has 1 aromatic heterocycles. The number of benzene rings is 1. The summed E-state index contributed by atoms with van der Waals surface area (Å²) in [4.78, 5) is 17.8. The highest BCUT2D eigenvalue weighted by Gasteiger charge is 2.29. The number of urea groups is 1. The van der Waals surface area contributed by atoms with Crippen LogP contribution in [0.3, 0.4) is 0 Å². The molecule has 2 aromatic rings. The van der Waals surface area contributed by atoms with Crippen molar-refractivity contribution in [2.24, 2.45) is 0 Å². The van der Waals surface area contributed by atoms with Crippen molar-refractivity contribution in [2.75, 3.05) is 19.6 Å². The van der Waals surface area contributed by atoms with E-state index in [0.29, 0.717) is 19.1 Å². The minimum absolute atomic E-state index is 0.0523. The van der Waals surface area contributed by atoms with E-state index in [9.17, 15) is 4.79 Å². The van der Waals surface area contributed by atoms with Crippen molar-refractivity contribution in [1.29, 1.82) is 0 Å². The van der Waals surface area contributed by atoms with Gasteiger partial charge in [0.2, 0.25) is 0 Å². The molecule has 2 aliphatic rings. The number of rotatable bonds is 7. The third-order valence-electron chi connectivity index (χ3n) is 6.37. The number of nitrogens with one attached hydrogen (secondary N) is 1. The smallest absolute Gasteiger partial charge is 0.318 e. The quantitative estimate of drug-likeness (QED) is 0.721. The molecule has 1 aliphatic carbocycles. The lowest BCUT2D eigenvalue weighted by molar-refractivity contribution is 0.144. The maximum atomic E-state index is 13.3. The molecule has 5 nitrogen and oxygen atoms in total. The van der Waals surface area contributed by atoms with Crippen LogP contribution in [0.1, 0.15) is 62.3 Å². The second-order valence-electron chi connectivity index (χ2n) is 8.37. The number of carbonyl (C=O) groups is 1. The number of hydrogen-bond donors (Lipinski definition) is 1. The monoisotopic (exact) mass is 395 g/mol. The van der Waals surface area contributed by atoms with Crippen molar-refractivity contribution >= 4 is 6.03 Å². The molecule has 0 spiro atoms. The molecule has 2 fully saturated rings. The Labute approximate surface area is 174 Å². The SMILES string of the molecule is O=C(NC[C@H](c1ccco1)N1CCCC1)N(Cc1ccccc1)C1CCCCC1. The third-order valence-corrected chi connectivity index (χ3v) is 6.37. The zero-order valence-corrected chi connectivity index (χ0v) is 17.3. The topological polar surface area (TPSA) is 48.7 Å². The van der Waals surface area contributed by atoms with E-state index in [-0.39, 0.29) is 12.1 Å². The summed E-state index contributed by atoms with van der Waals surface area (Å²) < 4.78 is 5.71. The normalized spacial score (nSPS) is 19.2. The van der Waals surface area contributed by atoms with E-state index in [1.807, 2.05) is 30.3 Å². The van der Waals surface area contributed by atoms with Crippen molar-refractivity contribution in [3.63, 3.8) is 0 Å². The number of likely N-dealkylation sites (tertiary alicyclic amines) is 1. The standard InChI is InChI=1S/C24H33N3O2/c28-24(25-18-22(23-14-9-17-29-23)26-15-7-8-16-26)27(21-12-5-2-6-13-21)19-20-10-3-1-4-11-20/h1,3-4,9-11,14,17,21-22H,2,5-8,12-13,15-16,18-19H2,(H,25,28)/t22-/m1/s1. The average molecular weight is 396 g/mol. The van der Waals surface area contributed by atoms with Gasteiger partial charge in [-0.3, -0.25) is 4.90 Å². The van der Waals surface area contributed by atoms with Gasteiger partial charge in [-0.1, -0.05) is 49.6 Å². The Bertz CT molecular complexity index is 735. The van der Waals surface area contributed by atoms with Gasteiger partial charge in [0.1, 0.15) is 5.76 Å². The summed E-state index contributed by atoms with van der Waals surface area (Å²) >= 11 is 0. The van der Waals surface area contributed by atoms with Crippen LogP contribution in [0, 0.1) is 0 Å². The first-order valence-electron chi connectivity index (χ1n) is 11.2. The molecule has 0 bridgehead atoms. The Morgan fingerprint density at radius 1 is 1.03 bits per heavy atom. The molecular formula is C24H33N3O2. The van der Waals surface area contributed by atoms with Crippen LogP contribution in [0.25, 0.3) is 0 Å². The molecule has 2 amide bonds. The fourth-order valence-corrected chi connectivity index (χ4v) is 4.77. The largest absolute Gasteiger partial charge is 0.468 e. The summed E-state index contributed by atoms with van der Waals surface area (Å²) in [5, 5.41) is 3.25. The van der Waals surface area contributed by atoms with Gasteiger partial charge in [0, 0.05) is 19.1 Å². The van der Waals surface area contributed by atoms with Gasteiger partial charge >= 0.3 is 6.03 Å². The minimum Gasteiger partial charge on any atom is -0.468 e. The van der Waals surface area contributed by atoms with Crippen molar-refractivity contribution in [3.8, 4) is 0 Å². The molecule has 156 valence electrons. The molecule has 1 saturated carbocycles. The Balaban J connectivity index is 1.44. The van der Waals surface area contributed by atoms with Crippen LogP contribution in [-0.2, 0) is 6.54 Å². The highest BCUT2D eigenvalue weighted by atomic mass is 16.3. The van der Waals surface area contributed by atoms with E-state index in [1.54, 1.807) is 6.26 Å². The molecule has 1 aromatic carbocycles. The summed E-state index contributed by atoms with van der Waals surface area (Å²) in [5.74, 6) is 0.944. The molecule has 4 rings (SSSR count). The number of amides is 2. The zero-order chi connectivity index (χ0) is 19.9. The van der Waals surface area contributed by atoms with Gasteiger partial charge in [-0.25, -0.2) is 4.79 Å². The van der Waals surface area contributed by atoms with Crippen LogP contribution in [0.2, 0.25) is 0 Å². The summed E-state index contributed by atoms with van der Waals surface area (Å²) in [7, 11) is 0. The summed E-state index contributed by atoms with van der Waals surface area (Å²) in [6, 6.07) is 14.8. The van der Waals surface area contributed by atoms with E-state index in [0.717, 1.165) is 31.7 Å². The van der Waals surface area contributed by atoms with Crippen LogP contribution in [0.4, 0.5) is 4.79 Å². The van der Waals surface area contributed by atoms with Gasteiger partial charge in [-0.2, -0.15) is 0 Å². The van der Waals surface area contributed by atoms with Gasteiger partial charge in [0.25, 0.3) is 0 Å². The second kappa shape index (κ2) is 9.97. The van der Waals surface area contributed by atoms with Crippen LogP contribution in [0.15, 0.2) is 53.1 Å². The molecule has 1 atom stereocenters. The predicted octanol–water partition coefficient (Wildman–Crippen LogP) is 4.96. The number of carbonyl (C=O) groups excluding carboxylic acids is 1. The molecule has 1 saturated heterocycles. The van der Waals surface area contributed by atoms with Gasteiger partial charge in [-0.15, -0.1) is 0 Å². The first-order valence-corrected chi connectivity index (χ1v) is 11.2. The summed E-state index contributed by atoms with van der Waals surface area (Å²) in [6.07, 6.45) is 10.1. The fraction of sp³-hybridized carbons (Fsp3) is 0.542. The lowest BCUT2D eigenvalue weighted by atomic mass is 9.94. The average Bonchev–Trinajstić information content (AvgIpc) is 3.48. The van der Waals surface area contributed by atoms with Crippen LogP contribution in [-0.4, -0.2) is 41.5 Å². The van der Waals surface area contributed by atoms with E-state index in [1.165, 1.54) is 37.7 Å². The number of hydrogen-bond acceptors (Lipinski definition) is 3. The van der Waals surface area contributed by atoms with E-state index >= 15 is 0 Å². The van der Waals surface area contributed by atoms with E-state index in [4.69, 9.17) is 4.42 Å². The van der Waals surface area contributed by atoms with Crippen LogP contribution >= 0.6 is 0 Å². The Morgan fingerprint density at radius 3 is 2.48 bits per heavy atom. The first kappa shape index (κ1) is 20.0. The molecule has 1 aliphatic heterocycles. The Morgan fingerprint density at radius 2 is 1.79 bits per heavy atom. The highest BCUT2D eigenvalue weighted by Crippen LogP contribution is 2.26. The van der Waals surface area contributed by atoms with Crippen molar-refractivity contribution in [2.45, 2.75) is 63.6 Å². The van der Waals surface area contributed by atoms with Gasteiger partial charge in [0.15, 0.2) is 0 Å². The third kappa shape index (κ3) is 5.21. The molecule has 2 heterocycles. The zero-order valence-electron chi connectivity index (χ0n) is 17.3. The Kier molecular flexibility index (Phi) is 6.88. The maximum Gasteiger partial charge on any atom is 0.318 e. The lowest BCUT2D eigenvalue weighted by Gasteiger charge is -2.35. The van der Waals surface area contributed by atoms with Crippen molar-refractivity contribution in [3.05, 3.63) is 60.1 Å². The minimum atomic E-state index is 0.0523. The number of furan rings is 1. The van der Waals surface area contributed by atoms with Gasteiger partial charge in [-0.05, 0) is 56.5 Å². The van der Waals surface area contributed by atoms with E-state index in [2.05, 4.69) is 27.2 Å². The number of nitrogens with zero attached hydrogens (tertiary/aromatic N) is 2.